The number of rotatable bonds is 6. The van der Waals surface area contributed by atoms with Crippen molar-refractivity contribution in [2.24, 2.45) is 5.73 Å². The molecule has 0 saturated heterocycles. The van der Waals surface area contributed by atoms with Crippen molar-refractivity contribution >= 4 is 18.3 Å². The quantitative estimate of drug-likeness (QED) is 0.773. The van der Waals surface area contributed by atoms with Crippen LogP contribution in [0.4, 0.5) is 0 Å². The summed E-state index contributed by atoms with van der Waals surface area (Å²) in [5.41, 5.74) is 6.15. The molecule has 2 N–H and O–H groups in total. The second kappa shape index (κ2) is 6.44. The maximum atomic E-state index is 10.9. The molecule has 18 heavy (non-hydrogen) atoms. The highest BCUT2D eigenvalue weighted by molar-refractivity contribution is 5.82. The number of nitrogens with two attached hydrogens (primary N) is 1. The maximum absolute atomic E-state index is 10.9. The van der Waals surface area contributed by atoms with Gasteiger partial charge in [0.15, 0.2) is 6.29 Å². The van der Waals surface area contributed by atoms with Gasteiger partial charge in [-0.1, -0.05) is 12.2 Å². The smallest absolute Gasteiger partial charge is 0.221 e. The Morgan fingerprint density at radius 2 is 1.78 bits per heavy atom. The summed E-state index contributed by atoms with van der Waals surface area (Å²) in [6, 6.07) is 3.25. The van der Waals surface area contributed by atoms with Gasteiger partial charge in [-0.25, -0.2) is 0 Å². The Balaban J connectivity index is 3.13. The van der Waals surface area contributed by atoms with E-state index in [1.165, 1.54) is 14.2 Å². The minimum Gasteiger partial charge on any atom is -0.496 e. The number of ether oxygens (including phenoxy) is 2. The molecule has 1 rings (SSSR count). The number of hydrogen-bond donors (Lipinski definition) is 1. The lowest BCUT2D eigenvalue weighted by molar-refractivity contribution is -0.117. The molecular weight excluding hydrogens is 234 g/mol. The average Bonchev–Trinajstić information content (AvgIpc) is 2.37. The number of hydrogen-bond acceptors (Lipinski definition) is 4. The van der Waals surface area contributed by atoms with Gasteiger partial charge >= 0.3 is 0 Å². The van der Waals surface area contributed by atoms with Crippen molar-refractivity contribution in [1.29, 1.82) is 0 Å². The van der Waals surface area contributed by atoms with Gasteiger partial charge in [0.05, 0.1) is 19.8 Å². The molecule has 0 aliphatic carbocycles. The number of benzene rings is 1. The molecule has 0 radical (unpaired) electrons. The average molecular weight is 249 g/mol. The van der Waals surface area contributed by atoms with Crippen LogP contribution in [0.1, 0.15) is 22.3 Å². The zero-order valence-electron chi connectivity index (χ0n) is 10.3. The highest BCUT2D eigenvalue weighted by Gasteiger charge is 2.08. The van der Waals surface area contributed by atoms with E-state index < -0.39 is 5.91 Å². The Labute approximate surface area is 105 Å². The van der Waals surface area contributed by atoms with Crippen LogP contribution in [0.15, 0.2) is 18.2 Å². The van der Waals surface area contributed by atoms with E-state index in [9.17, 15) is 9.59 Å². The number of aldehydes is 1. The van der Waals surface area contributed by atoms with Crippen molar-refractivity contribution in [2.75, 3.05) is 14.2 Å². The molecule has 0 heterocycles. The van der Waals surface area contributed by atoms with Gasteiger partial charge in [-0.05, 0) is 12.1 Å². The monoisotopic (exact) mass is 249 g/mol. The van der Waals surface area contributed by atoms with Crippen molar-refractivity contribution in [3.8, 4) is 11.5 Å². The number of carbonyl (C=O) groups is 2. The fourth-order valence-electron chi connectivity index (χ4n) is 1.47. The summed E-state index contributed by atoms with van der Waals surface area (Å²) < 4.78 is 10.3. The number of carbonyl (C=O) groups excluding carboxylic acids is 2. The van der Waals surface area contributed by atoms with Gasteiger partial charge in [0.25, 0.3) is 0 Å². The Morgan fingerprint density at radius 3 is 2.28 bits per heavy atom. The van der Waals surface area contributed by atoms with Gasteiger partial charge < -0.3 is 15.2 Å². The molecule has 0 fully saturated rings. The largest absolute Gasteiger partial charge is 0.496 e. The van der Waals surface area contributed by atoms with E-state index in [-0.39, 0.29) is 6.42 Å². The minimum atomic E-state index is -0.415. The fourth-order valence-corrected chi connectivity index (χ4v) is 1.47. The van der Waals surface area contributed by atoms with Gasteiger partial charge in [-0.15, -0.1) is 0 Å². The second-order valence-electron chi connectivity index (χ2n) is 3.53. The van der Waals surface area contributed by atoms with Crippen molar-refractivity contribution in [3.63, 3.8) is 0 Å². The number of amides is 1. The van der Waals surface area contributed by atoms with E-state index in [2.05, 4.69) is 0 Å². The Hall–Kier alpha value is -2.30. The summed E-state index contributed by atoms with van der Waals surface area (Å²) in [4.78, 5) is 21.5. The first kappa shape index (κ1) is 13.8. The molecule has 5 nitrogen and oxygen atoms in total. The van der Waals surface area contributed by atoms with Gasteiger partial charge in [0.1, 0.15) is 11.5 Å². The first-order chi connectivity index (χ1) is 8.62. The molecule has 0 atom stereocenters. The van der Waals surface area contributed by atoms with Crippen LogP contribution in [0, 0.1) is 0 Å². The van der Waals surface area contributed by atoms with Gasteiger partial charge in [-0.3, -0.25) is 9.59 Å². The van der Waals surface area contributed by atoms with E-state index in [1.807, 2.05) is 0 Å². The number of methoxy groups -OCH3 is 2. The zero-order valence-corrected chi connectivity index (χ0v) is 10.3. The van der Waals surface area contributed by atoms with Crippen LogP contribution in [0.3, 0.4) is 0 Å². The van der Waals surface area contributed by atoms with Crippen LogP contribution in [0.25, 0.3) is 6.08 Å². The van der Waals surface area contributed by atoms with E-state index in [0.717, 1.165) is 0 Å². The molecule has 1 amide bonds. The summed E-state index contributed by atoms with van der Waals surface area (Å²) in [5, 5.41) is 0. The fraction of sp³-hybridized carbons (Fsp3) is 0.231. The molecule has 0 aliphatic rings. The Kier molecular flexibility index (Phi) is 4.92. The van der Waals surface area contributed by atoms with Gasteiger partial charge in [0.2, 0.25) is 5.91 Å². The summed E-state index contributed by atoms with van der Waals surface area (Å²) in [5.74, 6) is 0.560. The van der Waals surface area contributed by atoms with Crippen LogP contribution in [0.5, 0.6) is 11.5 Å². The summed E-state index contributed by atoms with van der Waals surface area (Å²) in [6.45, 7) is 0. The maximum Gasteiger partial charge on any atom is 0.221 e. The van der Waals surface area contributed by atoms with Crippen LogP contribution < -0.4 is 15.2 Å². The molecule has 1 aromatic carbocycles. The lowest BCUT2D eigenvalue weighted by atomic mass is 10.1. The lowest BCUT2D eigenvalue weighted by Crippen LogP contribution is -2.07. The summed E-state index contributed by atoms with van der Waals surface area (Å²) in [7, 11) is 2.98. The molecule has 0 spiro atoms. The van der Waals surface area contributed by atoms with E-state index in [4.69, 9.17) is 15.2 Å². The second-order valence-corrected chi connectivity index (χ2v) is 3.53. The SMILES string of the molecule is COc1cc(C=CCC(N)=O)c(OC)cc1C=O. The standard InChI is InChI=1S/C13H15NO4/c1-17-11-7-10(8-15)12(18-2)6-9(11)4-3-5-13(14)16/h3-4,6-8H,5H2,1-2H3,(H2,14,16). The predicted octanol–water partition coefficient (Wildman–Crippen LogP) is 1.40. The molecule has 0 saturated carbocycles. The molecule has 5 heteroatoms. The zero-order chi connectivity index (χ0) is 13.5. The molecule has 0 aliphatic heterocycles. The Bertz CT molecular complexity index is 480. The van der Waals surface area contributed by atoms with E-state index >= 15 is 0 Å². The van der Waals surface area contributed by atoms with Crippen LogP contribution in [-0.2, 0) is 4.79 Å². The highest BCUT2D eigenvalue weighted by Crippen LogP contribution is 2.28. The van der Waals surface area contributed by atoms with Crippen LogP contribution >= 0.6 is 0 Å². The predicted molar refractivity (Wildman–Crippen MR) is 67.8 cm³/mol. The van der Waals surface area contributed by atoms with E-state index in [0.29, 0.717) is 28.9 Å². The molecule has 0 unspecified atom stereocenters. The molecular formula is C13H15NO4. The highest BCUT2D eigenvalue weighted by atomic mass is 16.5. The van der Waals surface area contributed by atoms with Crippen molar-refractivity contribution < 1.29 is 19.1 Å². The number of primary amides is 1. The van der Waals surface area contributed by atoms with Crippen molar-refractivity contribution in [1.82, 2.24) is 0 Å². The first-order valence-electron chi connectivity index (χ1n) is 5.28. The topological polar surface area (TPSA) is 78.6 Å². The molecule has 1 aromatic rings. The van der Waals surface area contributed by atoms with Gasteiger partial charge in [-0.2, -0.15) is 0 Å². The minimum absolute atomic E-state index is 0.140. The van der Waals surface area contributed by atoms with Gasteiger partial charge in [0, 0.05) is 12.0 Å². The lowest BCUT2D eigenvalue weighted by Gasteiger charge is -2.09. The molecule has 96 valence electrons. The summed E-state index contributed by atoms with van der Waals surface area (Å²) >= 11 is 0. The molecule has 0 aromatic heterocycles. The van der Waals surface area contributed by atoms with Crippen LogP contribution in [0.2, 0.25) is 0 Å². The molecule has 0 bridgehead atoms. The van der Waals surface area contributed by atoms with Crippen molar-refractivity contribution in [2.45, 2.75) is 6.42 Å². The third-order valence-corrected chi connectivity index (χ3v) is 2.33. The third kappa shape index (κ3) is 3.35. The normalized spacial score (nSPS) is 10.3. The Morgan fingerprint density at radius 1 is 1.22 bits per heavy atom. The van der Waals surface area contributed by atoms with Crippen molar-refractivity contribution in [3.05, 3.63) is 29.3 Å². The van der Waals surface area contributed by atoms with Crippen LogP contribution in [-0.4, -0.2) is 26.4 Å². The summed E-state index contributed by atoms with van der Waals surface area (Å²) in [6.07, 6.45) is 4.15. The van der Waals surface area contributed by atoms with E-state index in [1.54, 1.807) is 24.3 Å². The first-order valence-corrected chi connectivity index (χ1v) is 5.28. The third-order valence-electron chi connectivity index (χ3n) is 2.33.